The highest BCUT2D eigenvalue weighted by molar-refractivity contribution is 5.94. The zero-order valence-corrected chi connectivity index (χ0v) is 10.8. The van der Waals surface area contributed by atoms with Gasteiger partial charge in [0.15, 0.2) is 0 Å². The molecule has 98 valence electrons. The van der Waals surface area contributed by atoms with E-state index in [4.69, 9.17) is 4.74 Å². The van der Waals surface area contributed by atoms with E-state index in [1.54, 1.807) is 31.6 Å². The molecule has 2 rings (SSSR count). The number of amides is 1. The van der Waals surface area contributed by atoms with Gasteiger partial charge in [-0.3, -0.25) is 9.78 Å². The summed E-state index contributed by atoms with van der Waals surface area (Å²) in [6.45, 7) is 2.54. The number of piperidine rings is 1. The monoisotopic (exact) mass is 248 g/mol. The van der Waals surface area contributed by atoms with E-state index in [2.05, 4.69) is 4.98 Å². The number of methoxy groups -OCH3 is 1. The minimum Gasteiger partial charge on any atom is -0.385 e. The molecule has 0 unspecified atom stereocenters. The second kappa shape index (κ2) is 6.50. The SMILES string of the molecule is COCCC1CCN(C(=O)c2ccncc2)CC1. The van der Waals surface area contributed by atoms with Crippen LogP contribution in [0.15, 0.2) is 24.5 Å². The van der Waals surface area contributed by atoms with Crippen LogP contribution < -0.4 is 0 Å². The first-order chi connectivity index (χ1) is 8.81. The lowest BCUT2D eigenvalue weighted by Gasteiger charge is -2.32. The molecule has 0 atom stereocenters. The number of aromatic nitrogens is 1. The zero-order valence-electron chi connectivity index (χ0n) is 10.8. The Morgan fingerprint density at radius 2 is 2.06 bits per heavy atom. The Labute approximate surface area is 108 Å². The van der Waals surface area contributed by atoms with Gasteiger partial charge in [0.1, 0.15) is 0 Å². The smallest absolute Gasteiger partial charge is 0.253 e. The summed E-state index contributed by atoms with van der Waals surface area (Å²) in [7, 11) is 1.74. The van der Waals surface area contributed by atoms with Crippen LogP contribution in [0.2, 0.25) is 0 Å². The number of carbonyl (C=O) groups is 1. The largest absolute Gasteiger partial charge is 0.385 e. The van der Waals surface area contributed by atoms with Crippen molar-refractivity contribution in [2.45, 2.75) is 19.3 Å². The lowest BCUT2D eigenvalue weighted by atomic mass is 9.93. The summed E-state index contributed by atoms with van der Waals surface area (Å²) in [6, 6.07) is 3.55. The Morgan fingerprint density at radius 1 is 1.39 bits per heavy atom. The molecule has 2 heterocycles. The highest BCUT2D eigenvalue weighted by Gasteiger charge is 2.23. The quantitative estimate of drug-likeness (QED) is 0.818. The fraction of sp³-hybridized carbons (Fsp3) is 0.571. The summed E-state index contributed by atoms with van der Waals surface area (Å²) in [5.41, 5.74) is 0.736. The maximum atomic E-state index is 12.2. The highest BCUT2D eigenvalue weighted by Crippen LogP contribution is 2.21. The Kier molecular flexibility index (Phi) is 4.70. The molecule has 1 aromatic heterocycles. The molecule has 1 aromatic rings. The van der Waals surface area contributed by atoms with Gasteiger partial charge in [-0.1, -0.05) is 0 Å². The fourth-order valence-electron chi connectivity index (χ4n) is 2.39. The van der Waals surface area contributed by atoms with Gasteiger partial charge >= 0.3 is 0 Å². The topological polar surface area (TPSA) is 42.4 Å². The van der Waals surface area contributed by atoms with E-state index in [-0.39, 0.29) is 5.91 Å². The van der Waals surface area contributed by atoms with Crippen molar-refractivity contribution in [1.29, 1.82) is 0 Å². The molecule has 1 saturated heterocycles. The van der Waals surface area contributed by atoms with Crippen LogP contribution in [0.25, 0.3) is 0 Å². The van der Waals surface area contributed by atoms with Crippen LogP contribution >= 0.6 is 0 Å². The van der Waals surface area contributed by atoms with Crippen molar-refractivity contribution in [3.63, 3.8) is 0 Å². The summed E-state index contributed by atoms with van der Waals surface area (Å²) >= 11 is 0. The normalized spacial score (nSPS) is 16.8. The van der Waals surface area contributed by atoms with E-state index in [9.17, 15) is 4.79 Å². The van der Waals surface area contributed by atoms with Gasteiger partial charge in [0.25, 0.3) is 5.91 Å². The van der Waals surface area contributed by atoms with Crippen LogP contribution in [0.3, 0.4) is 0 Å². The molecule has 1 fully saturated rings. The lowest BCUT2D eigenvalue weighted by Crippen LogP contribution is -2.38. The summed E-state index contributed by atoms with van der Waals surface area (Å²) in [5.74, 6) is 0.828. The summed E-state index contributed by atoms with van der Waals surface area (Å²) in [6.07, 6.45) is 6.60. The number of pyridine rings is 1. The van der Waals surface area contributed by atoms with Crippen molar-refractivity contribution in [2.24, 2.45) is 5.92 Å². The average Bonchev–Trinajstić information content (AvgIpc) is 2.46. The molecule has 1 amide bonds. The Hall–Kier alpha value is -1.42. The van der Waals surface area contributed by atoms with Crippen LogP contribution in [0.5, 0.6) is 0 Å². The molecule has 0 saturated carbocycles. The fourth-order valence-corrected chi connectivity index (χ4v) is 2.39. The van der Waals surface area contributed by atoms with Crippen molar-refractivity contribution < 1.29 is 9.53 Å². The first-order valence-corrected chi connectivity index (χ1v) is 6.49. The number of nitrogens with zero attached hydrogens (tertiary/aromatic N) is 2. The van der Waals surface area contributed by atoms with Gasteiger partial charge in [0.05, 0.1) is 0 Å². The van der Waals surface area contributed by atoms with Gasteiger partial charge in [-0.2, -0.15) is 0 Å². The minimum atomic E-state index is 0.127. The third-order valence-electron chi connectivity index (χ3n) is 3.56. The Morgan fingerprint density at radius 3 is 2.67 bits per heavy atom. The molecule has 0 bridgehead atoms. The minimum absolute atomic E-state index is 0.127. The van der Waals surface area contributed by atoms with Crippen molar-refractivity contribution >= 4 is 5.91 Å². The van der Waals surface area contributed by atoms with Crippen molar-refractivity contribution in [3.05, 3.63) is 30.1 Å². The number of carbonyl (C=O) groups excluding carboxylic acids is 1. The molecule has 0 aliphatic carbocycles. The van der Waals surface area contributed by atoms with E-state index in [0.717, 1.165) is 44.5 Å². The summed E-state index contributed by atoms with van der Waals surface area (Å²) in [4.78, 5) is 18.1. The van der Waals surface area contributed by atoms with Crippen LogP contribution in [0.1, 0.15) is 29.6 Å². The van der Waals surface area contributed by atoms with Gasteiger partial charge in [-0.25, -0.2) is 0 Å². The second-order valence-corrected chi connectivity index (χ2v) is 4.75. The maximum Gasteiger partial charge on any atom is 0.253 e. The molecule has 4 heteroatoms. The first kappa shape index (κ1) is 13.0. The van der Waals surface area contributed by atoms with E-state index in [1.807, 2.05) is 4.90 Å². The predicted octanol–water partition coefficient (Wildman–Crippen LogP) is 1.97. The molecular weight excluding hydrogens is 228 g/mol. The van der Waals surface area contributed by atoms with Gasteiger partial charge in [-0.15, -0.1) is 0 Å². The second-order valence-electron chi connectivity index (χ2n) is 4.75. The number of likely N-dealkylation sites (tertiary alicyclic amines) is 1. The van der Waals surface area contributed by atoms with Gasteiger partial charge < -0.3 is 9.64 Å². The average molecular weight is 248 g/mol. The molecule has 4 nitrogen and oxygen atoms in total. The third-order valence-corrected chi connectivity index (χ3v) is 3.56. The molecule has 1 aliphatic heterocycles. The molecule has 0 radical (unpaired) electrons. The van der Waals surface area contributed by atoms with E-state index in [0.29, 0.717) is 5.92 Å². The Balaban J connectivity index is 1.84. The number of ether oxygens (including phenoxy) is 1. The molecule has 0 N–H and O–H groups in total. The van der Waals surface area contributed by atoms with Gasteiger partial charge in [0, 0.05) is 44.8 Å². The number of hydrogen-bond donors (Lipinski definition) is 0. The van der Waals surface area contributed by atoms with Gasteiger partial charge in [0.2, 0.25) is 0 Å². The molecule has 0 spiro atoms. The Bertz CT molecular complexity index is 373. The highest BCUT2D eigenvalue weighted by atomic mass is 16.5. The van der Waals surface area contributed by atoms with Gasteiger partial charge in [-0.05, 0) is 37.3 Å². The third kappa shape index (κ3) is 3.29. The van der Waals surface area contributed by atoms with Crippen LogP contribution in [0.4, 0.5) is 0 Å². The van der Waals surface area contributed by atoms with E-state index in [1.165, 1.54) is 0 Å². The molecule has 1 aliphatic rings. The van der Waals surface area contributed by atoms with Crippen molar-refractivity contribution in [2.75, 3.05) is 26.8 Å². The van der Waals surface area contributed by atoms with E-state index < -0.39 is 0 Å². The summed E-state index contributed by atoms with van der Waals surface area (Å²) in [5, 5.41) is 0. The van der Waals surface area contributed by atoms with Crippen LogP contribution in [-0.2, 0) is 4.74 Å². The predicted molar refractivity (Wildman–Crippen MR) is 69.4 cm³/mol. The lowest BCUT2D eigenvalue weighted by molar-refractivity contribution is 0.0669. The summed E-state index contributed by atoms with van der Waals surface area (Å²) < 4.78 is 5.10. The standard InChI is InChI=1S/C14H20N2O2/c1-18-11-6-12-4-9-16(10-5-12)14(17)13-2-7-15-8-3-13/h2-3,7-8,12H,4-6,9-11H2,1H3. The maximum absolute atomic E-state index is 12.2. The molecule has 18 heavy (non-hydrogen) atoms. The first-order valence-electron chi connectivity index (χ1n) is 6.49. The van der Waals surface area contributed by atoms with E-state index >= 15 is 0 Å². The van der Waals surface area contributed by atoms with Crippen molar-refractivity contribution in [3.8, 4) is 0 Å². The number of hydrogen-bond acceptors (Lipinski definition) is 3. The molecule has 0 aromatic carbocycles. The molecular formula is C14H20N2O2. The van der Waals surface area contributed by atoms with Crippen LogP contribution in [0, 0.1) is 5.92 Å². The van der Waals surface area contributed by atoms with Crippen molar-refractivity contribution in [1.82, 2.24) is 9.88 Å². The number of rotatable bonds is 4. The zero-order chi connectivity index (χ0) is 12.8. The van der Waals surface area contributed by atoms with Crippen LogP contribution in [-0.4, -0.2) is 42.6 Å².